The third-order valence-corrected chi connectivity index (χ3v) is 3.78. The van der Waals surface area contributed by atoms with Crippen LogP contribution >= 0.6 is 11.6 Å². The molecule has 4 heteroatoms. The number of rotatable bonds is 5. The predicted molar refractivity (Wildman–Crippen MR) is 94.8 cm³/mol. The van der Waals surface area contributed by atoms with Crippen LogP contribution in [0.15, 0.2) is 66.9 Å². The van der Waals surface area contributed by atoms with E-state index in [0.717, 1.165) is 29.2 Å². The van der Waals surface area contributed by atoms with Gasteiger partial charge in [-0.1, -0.05) is 29.8 Å². The van der Waals surface area contributed by atoms with Gasteiger partial charge < -0.3 is 10.1 Å². The molecule has 116 valence electrons. The van der Waals surface area contributed by atoms with Gasteiger partial charge in [-0.05, 0) is 53.6 Å². The van der Waals surface area contributed by atoms with Gasteiger partial charge in [-0.2, -0.15) is 0 Å². The van der Waals surface area contributed by atoms with E-state index in [1.54, 1.807) is 13.3 Å². The largest absolute Gasteiger partial charge is 0.497 e. The summed E-state index contributed by atoms with van der Waals surface area (Å²) in [6, 6.07) is 19.7. The van der Waals surface area contributed by atoms with Gasteiger partial charge >= 0.3 is 0 Å². The summed E-state index contributed by atoms with van der Waals surface area (Å²) in [5.41, 5.74) is 3.26. The molecule has 0 aliphatic heterocycles. The lowest BCUT2D eigenvalue weighted by Gasteiger charge is -2.11. The number of hydrogen-bond acceptors (Lipinski definition) is 3. The van der Waals surface area contributed by atoms with Gasteiger partial charge in [0.2, 0.25) is 0 Å². The minimum absolute atomic E-state index is 0.716. The summed E-state index contributed by atoms with van der Waals surface area (Å²) in [7, 11) is 1.68. The number of methoxy groups -OCH3 is 1. The molecule has 0 fully saturated rings. The molecule has 3 aromatic rings. The molecule has 0 radical (unpaired) electrons. The van der Waals surface area contributed by atoms with Crippen molar-refractivity contribution < 1.29 is 4.74 Å². The highest BCUT2D eigenvalue weighted by Crippen LogP contribution is 2.23. The summed E-state index contributed by atoms with van der Waals surface area (Å²) < 4.78 is 5.29. The van der Waals surface area contributed by atoms with Gasteiger partial charge in [0.05, 0.1) is 7.11 Å². The van der Waals surface area contributed by atoms with E-state index in [1.807, 2.05) is 48.5 Å². The van der Waals surface area contributed by atoms with Crippen LogP contribution in [0.3, 0.4) is 0 Å². The Morgan fingerprint density at radius 1 is 1.04 bits per heavy atom. The Balaban J connectivity index is 1.83. The summed E-state index contributed by atoms with van der Waals surface area (Å²) in [5.74, 6) is 1.70. The molecule has 0 aliphatic carbocycles. The van der Waals surface area contributed by atoms with E-state index >= 15 is 0 Å². The standard InChI is InChI=1S/C19H17ClN2O/c1-23-18-6-2-4-14(13-18)12-15-5-3-11-21-19(15)22-17-9-7-16(20)8-10-17/h2-11,13H,12H2,1H3,(H,21,22). The van der Waals surface area contributed by atoms with Gasteiger partial charge in [-0.3, -0.25) is 0 Å². The number of anilines is 2. The average Bonchev–Trinajstić information content (AvgIpc) is 2.59. The first-order chi connectivity index (χ1) is 11.2. The fourth-order valence-electron chi connectivity index (χ4n) is 2.37. The van der Waals surface area contributed by atoms with Crippen molar-refractivity contribution in [3.8, 4) is 5.75 Å². The molecule has 1 heterocycles. The molecule has 0 bridgehead atoms. The zero-order valence-corrected chi connectivity index (χ0v) is 13.5. The van der Waals surface area contributed by atoms with Crippen LogP contribution in [0, 0.1) is 0 Å². The predicted octanol–water partition coefficient (Wildman–Crippen LogP) is 5.08. The molecule has 3 nitrogen and oxygen atoms in total. The highest BCUT2D eigenvalue weighted by atomic mass is 35.5. The first-order valence-corrected chi connectivity index (χ1v) is 7.72. The topological polar surface area (TPSA) is 34.1 Å². The summed E-state index contributed by atoms with van der Waals surface area (Å²) >= 11 is 5.93. The number of halogens is 1. The lowest BCUT2D eigenvalue weighted by molar-refractivity contribution is 0.414. The van der Waals surface area contributed by atoms with Crippen LogP contribution in [0.4, 0.5) is 11.5 Å². The van der Waals surface area contributed by atoms with E-state index in [4.69, 9.17) is 16.3 Å². The van der Waals surface area contributed by atoms with Crippen molar-refractivity contribution in [2.75, 3.05) is 12.4 Å². The zero-order valence-electron chi connectivity index (χ0n) is 12.8. The number of pyridine rings is 1. The van der Waals surface area contributed by atoms with Crippen molar-refractivity contribution >= 4 is 23.1 Å². The second-order valence-electron chi connectivity index (χ2n) is 5.17. The molecule has 1 N–H and O–H groups in total. The molecule has 0 saturated carbocycles. The lowest BCUT2D eigenvalue weighted by atomic mass is 10.1. The van der Waals surface area contributed by atoms with Gasteiger partial charge in [-0.25, -0.2) is 4.98 Å². The van der Waals surface area contributed by atoms with Crippen LogP contribution in [0.1, 0.15) is 11.1 Å². The number of nitrogens with one attached hydrogen (secondary N) is 1. The van der Waals surface area contributed by atoms with Crippen LogP contribution in [0.2, 0.25) is 5.02 Å². The summed E-state index contributed by atoms with van der Waals surface area (Å²) in [5, 5.41) is 4.06. The number of ether oxygens (including phenoxy) is 1. The summed E-state index contributed by atoms with van der Waals surface area (Å²) in [6.45, 7) is 0. The molecule has 0 saturated heterocycles. The van der Waals surface area contributed by atoms with Gasteiger partial charge in [0.15, 0.2) is 0 Å². The first kappa shape index (κ1) is 15.4. The molecule has 23 heavy (non-hydrogen) atoms. The summed E-state index contributed by atoms with van der Waals surface area (Å²) in [4.78, 5) is 4.46. The maximum atomic E-state index is 5.93. The smallest absolute Gasteiger partial charge is 0.133 e. The highest BCUT2D eigenvalue weighted by Gasteiger charge is 2.06. The van der Waals surface area contributed by atoms with Gasteiger partial charge in [-0.15, -0.1) is 0 Å². The number of aromatic nitrogens is 1. The van der Waals surface area contributed by atoms with Crippen LogP contribution in [0.5, 0.6) is 5.75 Å². The van der Waals surface area contributed by atoms with Crippen molar-refractivity contribution in [3.05, 3.63) is 83.0 Å². The van der Waals surface area contributed by atoms with Crippen LogP contribution in [0.25, 0.3) is 0 Å². The molecule has 0 aliphatic rings. The number of nitrogens with zero attached hydrogens (tertiary/aromatic N) is 1. The van der Waals surface area contributed by atoms with Gasteiger partial charge in [0.1, 0.15) is 11.6 Å². The van der Waals surface area contributed by atoms with Gasteiger partial charge in [0, 0.05) is 23.3 Å². The molecule has 1 aromatic heterocycles. The molecular formula is C19H17ClN2O. The second-order valence-corrected chi connectivity index (χ2v) is 5.61. The van der Waals surface area contributed by atoms with Crippen LogP contribution < -0.4 is 10.1 Å². The zero-order chi connectivity index (χ0) is 16.1. The molecule has 2 aromatic carbocycles. The monoisotopic (exact) mass is 324 g/mol. The normalized spacial score (nSPS) is 10.3. The molecule has 0 unspecified atom stereocenters. The second kappa shape index (κ2) is 7.16. The third kappa shape index (κ3) is 4.02. The third-order valence-electron chi connectivity index (χ3n) is 3.53. The maximum Gasteiger partial charge on any atom is 0.133 e. The van der Waals surface area contributed by atoms with Gasteiger partial charge in [0.25, 0.3) is 0 Å². The van der Waals surface area contributed by atoms with E-state index in [0.29, 0.717) is 5.02 Å². The Kier molecular flexibility index (Phi) is 4.79. The Bertz CT molecular complexity index is 787. The van der Waals surface area contributed by atoms with Crippen LogP contribution in [-0.4, -0.2) is 12.1 Å². The molecule has 0 atom stereocenters. The van der Waals surface area contributed by atoms with Crippen molar-refractivity contribution in [2.45, 2.75) is 6.42 Å². The van der Waals surface area contributed by atoms with Crippen molar-refractivity contribution in [1.82, 2.24) is 4.98 Å². The average molecular weight is 325 g/mol. The Labute approximate surface area is 140 Å². The van der Waals surface area contributed by atoms with Crippen molar-refractivity contribution in [2.24, 2.45) is 0 Å². The molecule has 3 rings (SSSR count). The van der Waals surface area contributed by atoms with Crippen LogP contribution in [-0.2, 0) is 6.42 Å². The van der Waals surface area contributed by atoms with E-state index in [1.165, 1.54) is 5.56 Å². The molecule has 0 spiro atoms. The van der Waals surface area contributed by atoms with Crippen molar-refractivity contribution in [3.63, 3.8) is 0 Å². The van der Waals surface area contributed by atoms with E-state index in [2.05, 4.69) is 22.4 Å². The lowest BCUT2D eigenvalue weighted by Crippen LogP contribution is -2.00. The molecule has 0 amide bonds. The van der Waals surface area contributed by atoms with Crippen molar-refractivity contribution in [1.29, 1.82) is 0 Å². The molecular weight excluding hydrogens is 308 g/mol. The fourth-order valence-corrected chi connectivity index (χ4v) is 2.49. The van der Waals surface area contributed by atoms with E-state index in [-0.39, 0.29) is 0 Å². The SMILES string of the molecule is COc1cccc(Cc2cccnc2Nc2ccc(Cl)cc2)c1. The Morgan fingerprint density at radius 3 is 2.65 bits per heavy atom. The highest BCUT2D eigenvalue weighted by molar-refractivity contribution is 6.30. The first-order valence-electron chi connectivity index (χ1n) is 7.34. The minimum Gasteiger partial charge on any atom is -0.497 e. The maximum absolute atomic E-state index is 5.93. The van der Waals surface area contributed by atoms with E-state index in [9.17, 15) is 0 Å². The number of hydrogen-bond donors (Lipinski definition) is 1. The quantitative estimate of drug-likeness (QED) is 0.710. The number of benzene rings is 2. The Hall–Kier alpha value is -2.52. The van der Waals surface area contributed by atoms with E-state index < -0.39 is 0 Å². The Morgan fingerprint density at radius 2 is 1.87 bits per heavy atom. The summed E-state index contributed by atoms with van der Waals surface area (Å²) in [6.07, 6.45) is 2.56. The minimum atomic E-state index is 0.716. The fraction of sp³-hybridized carbons (Fsp3) is 0.105.